The zero-order valence-electron chi connectivity index (χ0n) is 21.3. The number of aromatic nitrogens is 1. The molecule has 0 aliphatic heterocycles. The van der Waals surface area contributed by atoms with Crippen LogP contribution in [0.15, 0.2) is 109 Å². The molecule has 162 valence electrons. The molecule has 4 aromatic carbocycles. The smallest absolute Gasteiger partial charge is 0.201 e. The van der Waals surface area contributed by atoms with Crippen molar-refractivity contribution in [2.75, 3.05) is 0 Å². The number of benzene rings is 4. The molecule has 0 saturated carbocycles. The third-order valence-corrected chi connectivity index (χ3v) is 7.37. The average Bonchev–Trinajstić information content (AvgIpc) is 2.92. The molecule has 0 fully saturated rings. The highest BCUT2D eigenvalue weighted by molar-refractivity contribution is 5.75. The van der Waals surface area contributed by atoms with Crippen LogP contribution in [0.4, 0.5) is 0 Å². The van der Waals surface area contributed by atoms with E-state index in [0.29, 0.717) is 0 Å². The summed E-state index contributed by atoms with van der Waals surface area (Å²) >= 11 is 0. The molecule has 1 nitrogen and oxygen atoms in total. The Kier molecular flexibility index (Phi) is 3.74. The van der Waals surface area contributed by atoms with Gasteiger partial charge in [-0.25, -0.2) is 4.57 Å². The first-order valence-electron chi connectivity index (χ1n) is 12.8. The van der Waals surface area contributed by atoms with Crippen LogP contribution in [0.3, 0.4) is 0 Å². The van der Waals surface area contributed by atoms with Gasteiger partial charge in [-0.1, -0.05) is 84.9 Å². The molecule has 0 unspecified atom stereocenters. The number of hydrogen-bond acceptors (Lipinski definition) is 0. The van der Waals surface area contributed by atoms with Crippen molar-refractivity contribution >= 4 is 0 Å². The van der Waals surface area contributed by atoms with Crippen molar-refractivity contribution in [2.45, 2.75) is 18.7 Å². The van der Waals surface area contributed by atoms with Crippen molar-refractivity contribution in [2.24, 2.45) is 7.05 Å². The summed E-state index contributed by atoms with van der Waals surface area (Å²) in [4.78, 5) is 0. The second-order valence-corrected chi connectivity index (χ2v) is 9.33. The minimum absolute atomic E-state index is 0.917. The van der Waals surface area contributed by atoms with E-state index >= 15 is 0 Å². The Hall–Kier alpha value is -3.97. The van der Waals surface area contributed by atoms with E-state index in [2.05, 4.69) is 73.3 Å². The lowest BCUT2D eigenvalue weighted by atomic mass is 9.60. The maximum atomic E-state index is 10.0. The normalized spacial score (nSPS) is 22.3. The quantitative estimate of drug-likeness (QED) is 0.258. The molecule has 5 aromatic rings. The van der Waals surface area contributed by atoms with Crippen LogP contribution in [0, 0.1) is 6.92 Å². The van der Waals surface area contributed by atoms with Gasteiger partial charge in [0, 0.05) is 32.2 Å². The third kappa shape index (κ3) is 2.70. The Morgan fingerprint density at radius 3 is 1.71 bits per heavy atom. The summed E-state index contributed by atoms with van der Waals surface area (Å²) in [5.74, 6) is -2.08. The highest BCUT2D eigenvalue weighted by Gasteiger charge is 2.41. The Labute approximate surface area is 203 Å². The second kappa shape index (κ2) is 7.27. The monoisotopic (exact) mass is 438 g/mol. The zero-order valence-corrected chi connectivity index (χ0v) is 19.3. The first-order valence-corrected chi connectivity index (χ1v) is 11.8. The number of pyridine rings is 1. The Bertz CT molecular complexity index is 1640. The van der Waals surface area contributed by atoms with Gasteiger partial charge in [-0.05, 0) is 63.1 Å². The predicted octanol–water partition coefficient (Wildman–Crippen LogP) is 7.14. The summed E-state index contributed by atoms with van der Waals surface area (Å²) in [5.41, 5.74) is 11.2. The summed E-state index contributed by atoms with van der Waals surface area (Å²) in [6, 6.07) is 35.3. The van der Waals surface area contributed by atoms with Gasteiger partial charge in [0.05, 0.1) is 0 Å². The van der Waals surface area contributed by atoms with Crippen molar-refractivity contribution in [1.29, 1.82) is 0 Å². The molecular weight excluding hydrogens is 410 g/mol. The lowest BCUT2D eigenvalue weighted by Crippen LogP contribution is -2.31. The van der Waals surface area contributed by atoms with Gasteiger partial charge in [0.15, 0.2) is 6.20 Å². The molecule has 1 heterocycles. The molecule has 8 rings (SSSR count). The maximum absolute atomic E-state index is 10.0. The number of nitrogens with zero attached hydrogens (tertiary/aromatic N) is 1. The van der Waals surface area contributed by atoms with Gasteiger partial charge in [-0.3, -0.25) is 0 Å². The summed E-state index contributed by atoms with van der Waals surface area (Å²) in [6.07, 6.45) is 2.11. The highest BCUT2D eigenvalue weighted by atomic mass is 14.9. The minimum atomic E-state index is -1.05. The molecule has 0 spiro atoms. The average molecular weight is 439 g/mol. The SMILES string of the molecule is [2H]C12c3ccccc3C([2H])(c3ccccc31)c1cc(-c3cc(-c4ccccc4)cc[n+]3C)c(C)cc12. The predicted molar refractivity (Wildman–Crippen MR) is 138 cm³/mol. The molecule has 0 N–H and O–H groups in total. The summed E-state index contributed by atoms with van der Waals surface area (Å²) in [6.45, 7) is 2.13. The molecule has 1 aromatic heterocycles. The van der Waals surface area contributed by atoms with E-state index < -0.39 is 11.8 Å². The molecule has 0 radical (unpaired) electrons. The van der Waals surface area contributed by atoms with Crippen molar-refractivity contribution in [3.63, 3.8) is 0 Å². The summed E-state index contributed by atoms with van der Waals surface area (Å²) in [5, 5.41) is 0. The molecule has 0 atom stereocenters. The van der Waals surface area contributed by atoms with Crippen molar-refractivity contribution in [3.05, 3.63) is 148 Å². The zero-order chi connectivity index (χ0) is 24.7. The maximum Gasteiger partial charge on any atom is 0.213 e. The lowest BCUT2D eigenvalue weighted by Gasteiger charge is -2.42. The first kappa shape index (κ1) is 17.5. The van der Waals surface area contributed by atoms with Crippen LogP contribution in [0.1, 0.15) is 53.5 Å². The molecule has 2 bridgehead atoms. The van der Waals surface area contributed by atoms with Crippen molar-refractivity contribution < 1.29 is 7.31 Å². The number of aryl methyl sites for hydroxylation is 2. The van der Waals surface area contributed by atoms with Crippen molar-refractivity contribution in [1.82, 2.24) is 0 Å². The van der Waals surface area contributed by atoms with E-state index in [1.807, 2.05) is 54.6 Å². The van der Waals surface area contributed by atoms with E-state index in [1.165, 1.54) is 5.56 Å². The Balaban J connectivity index is 1.52. The van der Waals surface area contributed by atoms with Crippen LogP contribution < -0.4 is 4.57 Å². The van der Waals surface area contributed by atoms with E-state index in [1.54, 1.807) is 0 Å². The summed E-state index contributed by atoms with van der Waals surface area (Å²) in [7, 11) is 2.07. The molecule has 3 aliphatic carbocycles. The van der Waals surface area contributed by atoms with Gasteiger partial charge in [-0.2, -0.15) is 0 Å². The van der Waals surface area contributed by atoms with Crippen LogP contribution in [0.25, 0.3) is 22.4 Å². The van der Waals surface area contributed by atoms with Gasteiger partial charge < -0.3 is 0 Å². The van der Waals surface area contributed by atoms with Gasteiger partial charge >= 0.3 is 0 Å². The molecule has 3 aliphatic rings. The molecule has 34 heavy (non-hydrogen) atoms. The molecule has 0 saturated heterocycles. The van der Waals surface area contributed by atoms with Gasteiger partial charge in [0.25, 0.3) is 0 Å². The van der Waals surface area contributed by atoms with Crippen LogP contribution in [-0.2, 0) is 7.05 Å². The minimum Gasteiger partial charge on any atom is -0.201 e. The van der Waals surface area contributed by atoms with E-state index in [9.17, 15) is 2.74 Å². The number of rotatable bonds is 2. The first-order chi connectivity index (χ1) is 17.4. The van der Waals surface area contributed by atoms with Gasteiger partial charge in [0.1, 0.15) is 7.05 Å². The van der Waals surface area contributed by atoms with Crippen LogP contribution in [0.5, 0.6) is 0 Å². The van der Waals surface area contributed by atoms with E-state index in [0.717, 1.165) is 55.8 Å². The third-order valence-electron chi connectivity index (χ3n) is 7.37. The fourth-order valence-electron chi connectivity index (χ4n) is 5.75. The lowest BCUT2D eigenvalue weighted by molar-refractivity contribution is -0.660. The molecular formula is C33H26N+. The number of hydrogen-bond donors (Lipinski definition) is 0. The second-order valence-electron chi connectivity index (χ2n) is 9.33. The topological polar surface area (TPSA) is 3.88 Å². The van der Waals surface area contributed by atoms with Crippen LogP contribution >= 0.6 is 0 Å². The van der Waals surface area contributed by atoms with E-state index in [-0.39, 0.29) is 0 Å². The van der Waals surface area contributed by atoms with Crippen molar-refractivity contribution in [3.8, 4) is 22.4 Å². The van der Waals surface area contributed by atoms with Gasteiger partial charge in [-0.15, -0.1) is 0 Å². The van der Waals surface area contributed by atoms with E-state index in [4.69, 9.17) is 0 Å². The molecule has 1 heteroatoms. The van der Waals surface area contributed by atoms with Crippen LogP contribution in [-0.4, -0.2) is 0 Å². The summed E-state index contributed by atoms with van der Waals surface area (Å²) < 4.78 is 22.1. The molecule has 0 amide bonds. The Morgan fingerprint density at radius 2 is 1.12 bits per heavy atom. The standard InChI is InChI=1S/C33H26N/c1-21-18-29-30(20-28(21)31-19-23(16-17-34(31)2)22-10-4-3-5-11-22)33-26-14-8-6-12-24(26)32(29)25-13-7-9-15-27(25)33/h3-20,32-33H,1-2H3/q+1/i32D,33D. The fraction of sp³-hybridized carbons (Fsp3) is 0.121. The van der Waals surface area contributed by atoms with Crippen LogP contribution in [0.2, 0.25) is 0 Å². The largest absolute Gasteiger partial charge is 0.213 e. The Morgan fingerprint density at radius 1 is 0.588 bits per heavy atom. The highest BCUT2D eigenvalue weighted by Crippen LogP contribution is 2.56. The van der Waals surface area contributed by atoms with Gasteiger partial charge in [0.2, 0.25) is 5.69 Å². The fourth-order valence-corrected chi connectivity index (χ4v) is 5.75.